The number of rotatable bonds is 3. The van der Waals surface area contributed by atoms with Crippen molar-refractivity contribution in [3.63, 3.8) is 0 Å². The summed E-state index contributed by atoms with van der Waals surface area (Å²) >= 11 is 0. The van der Waals surface area contributed by atoms with E-state index in [0.29, 0.717) is 5.92 Å². The van der Waals surface area contributed by atoms with Gasteiger partial charge >= 0.3 is 0 Å². The SMILES string of the molecule is CC1C=CC(c2ccc3c(-c4ccc5ccccc5c4)c4ccccc4c(-c4ccc5ccccc5c4)c3c2)=CC1. The highest BCUT2D eigenvalue weighted by molar-refractivity contribution is 6.22. The summed E-state index contributed by atoms with van der Waals surface area (Å²) < 4.78 is 0. The van der Waals surface area contributed by atoms with E-state index in [1.165, 1.54) is 76.5 Å². The molecule has 0 saturated carbocycles. The van der Waals surface area contributed by atoms with E-state index in [-0.39, 0.29) is 0 Å². The summed E-state index contributed by atoms with van der Waals surface area (Å²) in [7, 11) is 0. The predicted molar refractivity (Wildman–Crippen MR) is 178 cm³/mol. The van der Waals surface area contributed by atoms with Crippen LogP contribution in [0.5, 0.6) is 0 Å². The third kappa shape index (κ3) is 4.07. The van der Waals surface area contributed by atoms with Gasteiger partial charge in [-0.3, -0.25) is 0 Å². The largest absolute Gasteiger partial charge is 0.0808 e. The highest BCUT2D eigenvalue weighted by atomic mass is 14.2. The fourth-order valence-electron chi connectivity index (χ4n) is 6.61. The van der Waals surface area contributed by atoms with Crippen molar-refractivity contribution in [2.45, 2.75) is 13.3 Å². The van der Waals surface area contributed by atoms with Crippen molar-refractivity contribution >= 4 is 48.7 Å². The van der Waals surface area contributed by atoms with Crippen LogP contribution >= 0.6 is 0 Å². The summed E-state index contributed by atoms with van der Waals surface area (Å²) in [5.74, 6) is 0.593. The second kappa shape index (κ2) is 9.61. The average Bonchev–Trinajstić information content (AvgIpc) is 3.03. The van der Waals surface area contributed by atoms with Crippen LogP contribution < -0.4 is 0 Å². The molecule has 194 valence electrons. The number of fused-ring (bicyclic) bond motifs is 4. The van der Waals surface area contributed by atoms with Gasteiger partial charge in [0.2, 0.25) is 0 Å². The maximum atomic E-state index is 2.43. The Morgan fingerprint density at radius 2 is 0.976 bits per heavy atom. The Bertz CT molecular complexity index is 2190. The van der Waals surface area contributed by atoms with Crippen LogP contribution in [0.4, 0.5) is 0 Å². The minimum absolute atomic E-state index is 0.593. The smallest absolute Gasteiger partial charge is 0.00259 e. The van der Waals surface area contributed by atoms with Crippen LogP contribution in [0.15, 0.2) is 146 Å². The second-order valence-corrected chi connectivity index (χ2v) is 11.4. The Balaban J connectivity index is 1.48. The standard InChI is InChI=1S/C41H30/c1-27-14-16-30(17-15-27)33-22-23-38-39(26-33)41(35-21-19-29-9-3-5-11-32(29)25-35)37-13-7-6-12-36(37)40(38)34-20-18-28-8-2-4-10-31(28)24-34/h2-14,16-27H,15H2,1H3. The van der Waals surface area contributed by atoms with E-state index in [2.05, 4.69) is 153 Å². The van der Waals surface area contributed by atoms with Gasteiger partial charge in [0.25, 0.3) is 0 Å². The molecule has 41 heavy (non-hydrogen) atoms. The van der Waals surface area contributed by atoms with Crippen LogP contribution in [0.2, 0.25) is 0 Å². The lowest BCUT2D eigenvalue weighted by atomic mass is 9.83. The topological polar surface area (TPSA) is 0 Å². The molecule has 0 N–H and O–H groups in total. The van der Waals surface area contributed by atoms with Gasteiger partial charge in [-0.25, -0.2) is 0 Å². The molecule has 1 atom stereocenters. The number of benzene rings is 7. The normalized spacial score (nSPS) is 15.1. The van der Waals surface area contributed by atoms with Gasteiger partial charge in [0.15, 0.2) is 0 Å². The molecule has 0 amide bonds. The first-order chi connectivity index (χ1) is 20.2. The van der Waals surface area contributed by atoms with Crippen molar-refractivity contribution in [3.8, 4) is 22.3 Å². The second-order valence-electron chi connectivity index (χ2n) is 11.4. The third-order valence-corrected chi connectivity index (χ3v) is 8.75. The lowest BCUT2D eigenvalue weighted by molar-refractivity contribution is 0.739. The molecule has 1 unspecified atom stereocenters. The molecule has 0 spiro atoms. The van der Waals surface area contributed by atoms with Crippen LogP contribution in [-0.4, -0.2) is 0 Å². The summed E-state index contributed by atoms with van der Waals surface area (Å²) in [6, 6.07) is 47.2. The first kappa shape index (κ1) is 23.9. The van der Waals surface area contributed by atoms with E-state index in [1.54, 1.807) is 0 Å². The zero-order valence-electron chi connectivity index (χ0n) is 23.1. The van der Waals surface area contributed by atoms with Crippen LogP contribution in [0.3, 0.4) is 0 Å². The van der Waals surface area contributed by atoms with Crippen LogP contribution in [-0.2, 0) is 0 Å². The van der Waals surface area contributed by atoms with Crippen LogP contribution in [0.25, 0.3) is 70.9 Å². The van der Waals surface area contributed by atoms with E-state index < -0.39 is 0 Å². The van der Waals surface area contributed by atoms with Crippen molar-refractivity contribution in [1.82, 2.24) is 0 Å². The van der Waals surface area contributed by atoms with Gasteiger partial charge < -0.3 is 0 Å². The van der Waals surface area contributed by atoms with Gasteiger partial charge in [-0.1, -0.05) is 134 Å². The van der Waals surface area contributed by atoms with Crippen molar-refractivity contribution < 1.29 is 0 Å². The number of hydrogen-bond acceptors (Lipinski definition) is 0. The zero-order valence-corrected chi connectivity index (χ0v) is 23.1. The molecule has 7 aromatic rings. The Kier molecular flexibility index (Phi) is 5.60. The molecule has 0 aromatic heterocycles. The lowest BCUT2D eigenvalue weighted by Crippen LogP contribution is -1.96. The fourth-order valence-corrected chi connectivity index (χ4v) is 6.61. The molecule has 0 bridgehead atoms. The van der Waals surface area contributed by atoms with Gasteiger partial charge in [0, 0.05) is 0 Å². The molecule has 0 heteroatoms. The van der Waals surface area contributed by atoms with E-state index in [4.69, 9.17) is 0 Å². The van der Waals surface area contributed by atoms with E-state index in [1.807, 2.05) is 0 Å². The monoisotopic (exact) mass is 522 g/mol. The molecule has 8 rings (SSSR count). The molecule has 1 aliphatic carbocycles. The van der Waals surface area contributed by atoms with Crippen molar-refractivity contribution in [2.75, 3.05) is 0 Å². The number of allylic oxidation sites excluding steroid dienone is 4. The summed E-state index contributed by atoms with van der Waals surface area (Å²) in [4.78, 5) is 0. The first-order valence-electron chi connectivity index (χ1n) is 14.6. The van der Waals surface area contributed by atoms with E-state index >= 15 is 0 Å². The van der Waals surface area contributed by atoms with E-state index in [9.17, 15) is 0 Å². The minimum Gasteiger partial charge on any atom is -0.0808 e. The summed E-state index contributed by atoms with van der Waals surface area (Å²) in [6.45, 7) is 2.28. The average molecular weight is 523 g/mol. The highest BCUT2D eigenvalue weighted by Gasteiger charge is 2.18. The maximum Gasteiger partial charge on any atom is -0.00259 e. The van der Waals surface area contributed by atoms with E-state index in [0.717, 1.165) is 6.42 Å². The molecule has 1 aliphatic rings. The molecule has 0 fully saturated rings. The maximum absolute atomic E-state index is 2.43. The van der Waals surface area contributed by atoms with Gasteiger partial charge in [0.1, 0.15) is 0 Å². The minimum atomic E-state index is 0.593. The summed E-state index contributed by atoms with van der Waals surface area (Å²) in [5.41, 5.74) is 7.72. The summed E-state index contributed by atoms with van der Waals surface area (Å²) in [6.07, 6.45) is 8.12. The third-order valence-electron chi connectivity index (χ3n) is 8.75. The Morgan fingerprint density at radius 3 is 1.56 bits per heavy atom. The lowest BCUT2D eigenvalue weighted by Gasteiger charge is -2.20. The molecule has 0 nitrogen and oxygen atoms in total. The van der Waals surface area contributed by atoms with Gasteiger partial charge in [-0.15, -0.1) is 0 Å². The Morgan fingerprint density at radius 1 is 0.463 bits per heavy atom. The fraction of sp³-hybridized carbons (Fsp3) is 0.0732. The highest BCUT2D eigenvalue weighted by Crippen LogP contribution is 2.45. The number of hydrogen-bond donors (Lipinski definition) is 0. The van der Waals surface area contributed by atoms with Crippen molar-refractivity contribution in [3.05, 3.63) is 151 Å². The quantitative estimate of drug-likeness (QED) is 0.202. The Labute approximate surface area is 240 Å². The van der Waals surface area contributed by atoms with Crippen LogP contribution in [0.1, 0.15) is 18.9 Å². The Hall–Kier alpha value is -4.94. The van der Waals surface area contributed by atoms with Gasteiger partial charge in [-0.05, 0) is 107 Å². The van der Waals surface area contributed by atoms with Gasteiger partial charge in [0.05, 0.1) is 0 Å². The van der Waals surface area contributed by atoms with Crippen LogP contribution in [0, 0.1) is 5.92 Å². The zero-order chi connectivity index (χ0) is 27.3. The molecule has 0 heterocycles. The first-order valence-corrected chi connectivity index (χ1v) is 14.6. The molecular formula is C41H30. The molecule has 0 radical (unpaired) electrons. The van der Waals surface area contributed by atoms with Crippen molar-refractivity contribution in [2.24, 2.45) is 5.92 Å². The molecule has 0 saturated heterocycles. The van der Waals surface area contributed by atoms with Crippen molar-refractivity contribution in [1.29, 1.82) is 0 Å². The molecule has 7 aromatic carbocycles. The van der Waals surface area contributed by atoms with Gasteiger partial charge in [-0.2, -0.15) is 0 Å². The predicted octanol–water partition coefficient (Wildman–Crippen LogP) is 11.6. The summed E-state index contributed by atoms with van der Waals surface area (Å²) in [5, 5.41) is 10.2. The molecular weight excluding hydrogens is 492 g/mol. The molecule has 0 aliphatic heterocycles.